The maximum absolute atomic E-state index is 9.34. The molecule has 1 aromatic rings. The predicted molar refractivity (Wildman–Crippen MR) is 61.7 cm³/mol. The molecule has 0 bridgehead atoms. The summed E-state index contributed by atoms with van der Waals surface area (Å²) in [6.07, 6.45) is 0.971. The van der Waals surface area contributed by atoms with Crippen LogP contribution in [0, 0.1) is 5.92 Å². The molecule has 88 valence electrons. The first kappa shape index (κ1) is 11.4. The second-order valence-electron chi connectivity index (χ2n) is 4.19. The third-order valence-electron chi connectivity index (χ3n) is 3.23. The Balaban J connectivity index is 2.20. The summed E-state index contributed by atoms with van der Waals surface area (Å²) in [7, 11) is 1.67. The molecule has 1 heterocycles. The first-order valence-electron chi connectivity index (χ1n) is 5.67. The van der Waals surface area contributed by atoms with Gasteiger partial charge in [-0.1, -0.05) is 12.1 Å². The largest absolute Gasteiger partial charge is 0.497 e. The lowest BCUT2D eigenvalue weighted by molar-refractivity contribution is 0.0159. The van der Waals surface area contributed by atoms with Crippen molar-refractivity contribution in [3.05, 3.63) is 29.8 Å². The Morgan fingerprint density at radius 3 is 3.12 bits per heavy atom. The average Bonchev–Trinajstić information content (AvgIpc) is 2.38. The SMILES string of the molecule is COc1cccc([C@@H]2CCOC[C@H]2CO)c1. The van der Waals surface area contributed by atoms with E-state index in [1.54, 1.807) is 7.11 Å². The first-order chi connectivity index (χ1) is 7.85. The van der Waals surface area contributed by atoms with Crippen molar-refractivity contribution in [1.29, 1.82) is 0 Å². The van der Waals surface area contributed by atoms with Gasteiger partial charge in [-0.05, 0) is 30.0 Å². The van der Waals surface area contributed by atoms with Gasteiger partial charge in [-0.15, -0.1) is 0 Å². The molecule has 0 aliphatic carbocycles. The molecule has 0 amide bonds. The molecule has 1 saturated heterocycles. The molecule has 1 aliphatic heterocycles. The number of hydrogen-bond donors (Lipinski definition) is 1. The number of rotatable bonds is 3. The van der Waals surface area contributed by atoms with Gasteiger partial charge in [0, 0.05) is 19.1 Å². The van der Waals surface area contributed by atoms with Crippen LogP contribution >= 0.6 is 0 Å². The Bertz CT molecular complexity index is 338. The highest BCUT2D eigenvalue weighted by Crippen LogP contribution is 2.33. The lowest BCUT2D eigenvalue weighted by atomic mass is 9.83. The van der Waals surface area contributed by atoms with Gasteiger partial charge in [0.2, 0.25) is 0 Å². The van der Waals surface area contributed by atoms with Crippen LogP contribution in [-0.2, 0) is 4.74 Å². The van der Waals surface area contributed by atoms with Gasteiger partial charge in [0.15, 0.2) is 0 Å². The smallest absolute Gasteiger partial charge is 0.119 e. The van der Waals surface area contributed by atoms with Gasteiger partial charge in [0.1, 0.15) is 5.75 Å². The summed E-state index contributed by atoms with van der Waals surface area (Å²) in [6.45, 7) is 1.61. The lowest BCUT2D eigenvalue weighted by Gasteiger charge is -2.30. The Labute approximate surface area is 96.0 Å². The highest BCUT2D eigenvalue weighted by atomic mass is 16.5. The molecule has 16 heavy (non-hydrogen) atoms. The summed E-state index contributed by atoms with van der Waals surface area (Å²) in [5.41, 5.74) is 1.24. The maximum Gasteiger partial charge on any atom is 0.119 e. The van der Waals surface area contributed by atoms with Crippen LogP contribution in [-0.4, -0.2) is 32.0 Å². The monoisotopic (exact) mass is 222 g/mol. The summed E-state index contributed by atoms with van der Waals surface area (Å²) in [6, 6.07) is 8.09. The Hall–Kier alpha value is -1.06. The minimum absolute atomic E-state index is 0.182. The van der Waals surface area contributed by atoms with Crippen molar-refractivity contribution < 1.29 is 14.6 Å². The van der Waals surface area contributed by atoms with Gasteiger partial charge in [-0.2, -0.15) is 0 Å². The summed E-state index contributed by atoms with van der Waals surface area (Å²) < 4.78 is 10.6. The van der Waals surface area contributed by atoms with Crippen molar-refractivity contribution in [1.82, 2.24) is 0 Å². The summed E-state index contributed by atoms with van der Waals surface area (Å²) in [5, 5.41) is 9.34. The fraction of sp³-hybridized carbons (Fsp3) is 0.538. The van der Waals surface area contributed by atoms with E-state index in [1.807, 2.05) is 12.1 Å². The van der Waals surface area contributed by atoms with Crippen molar-refractivity contribution in [2.45, 2.75) is 12.3 Å². The van der Waals surface area contributed by atoms with Crippen LogP contribution in [0.25, 0.3) is 0 Å². The molecule has 1 aliphatic rings. The van der Waals surface area contributed by atoms with Crippen LogP contribution in [0.2, 0.25) is 0 Å². The first-order valence-corrected chi connectivity index (χ1v) is 5.67. The molecule has 0 aromatic heterocycles. The molecule has 0 saturated carbocycles. The highest BCUT2D eigenvalue weighted by Gasteiger charge is 2.26. The van der Waals surface area contributed by atoms with Crippen LogP contribution in [0.4, 0.5) is 0 Å². The fourth-order valence-electron chi connectivity index (χ4n) is 2.29. The molecule has 3 heteroatoms. The van der Waals surface area contributed by atoms with Gasteiger partial charge >= 0.3 is 0 Å². The molecule has 2 rings (SSSR count). The van der Waals surface area contributed by atoms with Crippen LogP contribution in [0.15, 0.2) is 24.3 Å². The Morgan fingerprint density at radius 2 is 2.38 bits per heavy atom. The zero-order valence-corrected chi connectivity index (χ0v) is 9.56. The van der Waals surface area contributed by atoms with Crippen LogP contribution in [0.3, 0.4) is 0 Å². The quantitative estimate of drug-likeness (QED) is 0.847. The topological polar surface area (TPSA) is 38.7 Å². The van der Waals surface area contributed by atoms with Gasteiger partial charge < -0.3 is 14.6 Å². The van der Waals surface area contributed by atoms with Crippen molar-refractivity contribution in [3.8, 4) is 5.75 Å². The molecule has 1 N–H and O–H groups in total. The number of hydrogen-bond acceptors (Lipinski definition) is 3. The van der Waals surface area contributed by atoms with E-state index in [0.717, 1.165) is 18.8 Å². The van der Waals surface area contributed by atoms with Crippen molar-refractivity contribution >= 4 is 0 Å². The molecule has 0 spiro atoms. The molecular formula is C13H18O3. The lowest BCUT2D eigenvalue weighted by Crippen LogP contribution is -2.28. The second kappa shape index (κ2) is 5.32. The third kappa shape index (κ3) is 2.36. The highest BCUT2D eigenvalue weighted by molar-refractivity contribution is 5.31. The van der Waals surface area contributed by atoms with Gasteiger partial charge in [-0.3, -0.25) is 0 Å². The number of aliphatic hydroxyl groups excluding tert-OH is 1. The van der Waals surface area contributed by atoms with Crippen LogP contribution < -0.4 is 4.74 Å². The van der Waals surface area contributed by atoms with E-state index in [-0.39, 0.29) is 12.5 Å². The molecule has 2 atom stereocenters. The van der Waals surface area contributed by atoms with E-state index >= 15 is 0 Å². The Kier molecular flexibility index (Phi) is 3.80. The van der Waals surface area contributed by atoms with E-state index in [9.17, 15) is 5.11 Å². The molecule has 1 fully saturated rings. The van der Waals surface area contributed by atoms with Gasteiger partial charge in [0.05, 0.1) is 13.7 Å². The van der Waals surface area contributed by atoms with Gasteiger partial charge in [0.25, 0.3) is 0 Å². The van der Waals surface area contributed by atoms with E-state index in [4.69, 9.17) is 9.47 Å². The minimum atomic E-state index is 0.182. The summed E-state index contributed by atoms with van der Waals surface area (Å²) in [4.78, 5) is 0. The number of ether oxygens (including phenoxy) is 2. The van der Waals surface area contributed by atoms with E-state index in [2.05, 4.69) is 12.1 Å². The number of benzene rings is 1. The summed E-state index contributed by atoms with van der Waals surface area (Å²) >= 11 is 0. The standard InChI is InChI=1S/C13H18O3/c1-15-12-4-2-3-10(7-12)13-5-6-16-9-11(13)8-14/h2-4,7,11,13-14H,5-6,8-9H2,1H3/t11-,13+/m1/s1. The van der Waals surface area contributed by atoms with Crippen molar-refractivity contribution in [2.24, 2.45) is 5.92 Å². The Morgan fingerprint density at radius 1 is 1.50 bits per heavy atom. The second-order valence-corrected chi connectivity index (χ2v) is 4.19. The van der Waals surface area contributed by atoms with Crippen molar-refractivity contribution in [2.75, 3.05) is 26.9 Å². The number of aliphatic hydroxyl groups is 1. The minimum Gasteiger partial charge on any atom is -0.497 e. The molecule has 0 radical (unpaired) electrons. The van der Waals surface area contributed by atoms with E-state index in [1.165, 1.54) is 5.56 Å². The van der Waals surface area contributed by atoms with E-state index < -0.39 is 0 Å². The third-order valence-corrected chi connectivity index (χ3v) is 3.23. The maximum atomic E-state index is 9.34. The van der Waals surface area contributed by atoms with Crippen LogP contribution in [0.5, 0.6) is 5.75 Å². The zero-order valence-electron chi connectivity index (χ0n) is 9.56. The average molecular weight is 222 g/mol. The van der Waals surface area contributed by atoms with E-state index in [0.29, 0.717) is 12.5 Å². The normalized spacial score (nSPS) is 25.4. The molecule has 0 unspecified atom stereocenters. The molecule has 3 nitrogen and oxygen atoms in total. The van der Waals surface area contributed by atoms with Crippen molar-refractivity contribution in [3.63, 3.8) is 0 Å². The fourth-order valence-corrected chi connectivity index (χ4v) is 2.29. The van der Waals surface area contributed by atoms with Crippen LogP contribution in [0.1, 0.15) is 17.9 Å². The zero-order chi connectivity index (χ0) is 11.4. The predicted octanol–water partition coefficient (Wildman–Crippen LogP) is 1.81. The summed E-state index contributed by atoms with van der Waals surface area (Å²) in [5.74, 6) is 1.47. The van der Waals surface area contributed by atoms with Gasteiger partial charge in [-0.25, -0.2) is 0 Å². The molecular weight excluding hydrogens is 204 g/mol. The number of methoxy groups -OCH3 is 1. The molecule has 1 aromatic carbocycles.